The van der Waals surface area contributed by atoms with Gasteiger partial charge in [0.1, 0.15) is 11.7 Å². The number of hydrogen-bond donors (Lipinski definition) is 3. The minimum Gasteiger partial charge on any atom is -0.393 e. The van der Waals surface area contributed by atoms with Crippen LogP contribution in [0.1, 0.15) is 6.23 Å². The van der Waals surface area contributed by atoms with Gasteiger partial charge in [-0.1, -0.05) is 11.7 Å². The summed E-state index contributed by atoms with van der Waals surface area (Å²) in [6.07, 6.45) is -4.73. The highest BCUT2D eigenvalue weighted by Gasteiger charge is 2.57. The zero-order valence-electron chi connectivity index (χ0n) is 11.1. The molecule has 0 aromatic carbocycles. The molecule has 1 aromatic heterocycles. The number of nitrogens with zero attached hydrogens (tertiary/aromatic N) is 4. The number of aromatic nitrogens is 2. The van der Waals surface area contributed by atoms with Gasteiger partial charge >= 0.3 is 5.69 Å². The van der Waals surface area contributed by atoms with Gasteiger partial charge in [0.05, 0.1) is 6.61 Å². The summed E-state index contributed by atoms with van der Waals surface area (Å²) in [5.41, 5.74) is 4.22. The molecular formula is C11H12FN5O5. The lowest BCUT2D eigenvalue weighted by molar-refractivity contribution is -0.106. The Labute approximate surface area is 121 Å². The van der Waals surface area contributed by atoms with Gasteiger partial charge in [-0.25, -0.2) is 9.18 Å². The summed E-state index contributed by atoms with van der Waals surface area (Å²) in [6, 6.07) is 0.963. The van der Waals surface area contributed by atoms with E-state index in [0.29, 0.717) is 4.57 Å². The Bertz CT molecular complexity index is 754. The maximum absolute atomic E-state index is 14.3. The number of azide groups is 1. The van der Waals surface area contributed by atoms with Gasteiger partial charge in [0.2, 0.25) is 0 Å². The molecule has 2 rings (SSSR count). The van der Waals surface area contributed by atoms with Crippen LogP contribution in [0.5, 0.6) is 0 Å². The Kier molecular flexibility index (Phi) is 4.15. The number of H-pyrrole nitrogens is 1. The molecular weight excluding hydrogens is 301 g/mol. The molecule has 0 spiro atoms. The summed E-state index contributed by atoms with van der Waals surface area (Å²) in [5, 5.41) is 22.6. The third-order valence-electron chi connectivity index (χ3n) is 3.40. The molecule has 0 amide bonds. The quantitative estimate of drug-likeness (QED) is 0.382. The van der Waals surface area contributed by atoms with Crippen molar-refractivity contribution < 1.29 is 19.3 Å². The number of aromatic amines is 1. The van der Waals surface area contributed by atoms with E-state index in [1.54, 1.807) is 0 Å². The van der Waals surface area contributed by atoms with Crippen LogP contribution in [0.3, 0.4) is 0 Å². The van der Waals surface area contributed by atoms with E-state index in [1.807, 2.05) is 4.98 Å². The Morgan fingerprint density at radius 3 is 2.91 bits per heavy atom. The predicted octanol–water partition coefficient (Wildman–Crippen LogP) is -0.681. The third-order valence-corrected chi connectivity index (χ3v) is 3.40. The second-order valence-electron chi connectivity index (χ2n) is 4.60. The highest BCUT2D eigenvalue weighted by Crippen LogP contribution is 2.42. The maximum Gasteiger partial charge on any atom is 0.330 e. The highest BCUT2D eigenvalue weighted by molar-refractivity contribution is 5.20. The van der Waals surface area contributed by atoms with Crippen LogP contribution < -0.4 is 11.2 Å². The molecule has 3 N–H and O–H groups in total. The van der Waals surface area contributed by atoms with Crippen LogP contribution >= 0.6 is 0 Å². The lowest BCUT2D eigenvalue weighted by atomic mass is 9.94. The van der Waals surface area contributed by atoms with Gasteiger partial charge < -0.3 is 14.9 Å². The maximum atomic E-state index is 14.3. The number of hydrogen-bond acceptors (Lipinski definition) is 6. The summed E-state index contributed by atoms with van der Waals surface area (Å²) in [5.74, 6) is 0. The van der Waals surface area contributed by atoms with Gasteiger partial charge in [-0.2, -0.15) is 0 Å². The first kappa shape index (κ1) is 15.9. The van der Waals surface area contributed by atoms with Crippen molar-refractivity contribution in [2.24, 2.45) is 5.11 Å². The first-order chi connectivity index (χ1) is 10.4. The van der Waals surface area contributed by atoms with E-state index in [-0.39, 0.29) is 0 Å². The number of halogens is 1. The van der Waals surface area contributed by atoms with E-state index in [9.17, 15) is 24.2 Å². The minimum absolute atomic E-state index is 0.437. The largest absolute Gasteiger partial charge is 0.393 e. The number of rotatable bonds is 4. The fraction of sp³-hybridized carbons (Fsp3) is 0.455. The van der Waals surface area contributed by atoms with Gasteiger partial charge in [-0.3, -0.25) is 14.3 Å². The molecule has 1 saturated heterocycles. The molecule has 0 radical (unpaired) electrons. The van der Waals surface area contributed by atoms with E-state index in [4.69, 9.17) is 10.3 Å². The van der Waals surface area contributed by atoms with Crippen molar-refractivity contribution in [3.63, 3.8) is 0 Å². The minimum atomic E-state index is -2.14. The molecule has 1 aliphatic heterocycles. The second-order valence-corrected chi connectivity index (χ2v) is 4.60. The Hall–Kier alpha value is -2.46. The summed E-state index contributed by atoms with van der Waals surface area (Å²) in [6.45, 7) is 2.41. The Morgan fingerprint density at radius 2 is 2.36 bits per heavy atom. The van der Waals surface area contributed by atoms with Gasteiger partial charge in [0.25, 0.3) is 5.56 Å². The lowest BCUT2D eigenvalue weighted by Crippen LogP contribution is -2.46. The van der Waals surface area contributed by atoms with E-state index < -0.39 is 47.7 Å². The fourth-order valence-electron chi connectivity index (χ4n) is 2.20. The molecule has 11 heteroatoms. The molecule has 1 aliphatic rings. The predicted molar refractivity (Wildman–Crippen MR) is 70.5 cm³/mol. The normalized spacial score (nSPS) is 30.8. The monoisotopic (exact) mass is 313 g/mol. The molecule has 0 unspecified atom stereocenters. The smallest absolute Gasteiger partial charge is 0.330 e. The van der Waals surface area contributed by atoms with E-state index >= 15 is 0 Å². The van der Waals surface area contributed by atoms with E-state index in [2.05, 4.69) is 16.6 Å². The van der Waals surface area contributed by atoms with Gasteiger partial charge in [0, 0.05) is 22.9 Å². The van der Waals surface area contributed by atoms with Crippen molar-refractivity contribution in [2.45, 2.75) is 24.1 Å². The molecule has 0 bridgehead atoms. The van der Waals surface area contributed by atoms with Crippen molar-refractivity contribution >= 4 is 0 Å². The van der Waals surface area contributed by atoms with Gasteiger partial charge in [-0.05, 0) is 5.53 Å². The van der Waals surface area contributed by atoms with Crippen LogP contribution in [0.2, 0.25) is 0 Å². The molecule has 0 saturated carbocycles. The summed E-state index contributed by atoms with van der Waals surface area (Å²) in [4.78, 5) is 27.1. The molecule has 1 aromatic rings. The Balaban J connectivity index is 2.49. The fourth-order valence-corrected chi connectivity index (χ4v) is 2.20. The first-order valence-electron chi connectivity index (χ1n) is 6.04. The average Bonchev–Trinajstić information content (AvgIpc) is 2.73. The zero-order valence-corrected chi connectivity index (χ0v) is 11.1. The molecule has 2 heterocycles. The topological polar surface area (TPSA) is 153 Å². The summed E-state index contributed by atoms with van der Waals surface area (Å²) in [7, 11) is 0. The third kappa shape index (κ3) is 2.31. The number of aliphatic hydroxyl groups is 2. The van der Waals surface area contributed by atoms with Crippen molar-refractivity contribution in [1.29, 1.82) is 0 Å². The molecule has 22 heavy (non-hydrogen) atoms. The van der Waals surface area contributed by atoms with Crippen LogP contribution in [0.25, 0.3) is 10.4 Å². The summed E-state index contributed by atoms with van der Waals surface area (Å²) >= 11 is 0. The molecule has 0 aliphatic carbocycles. The zero-order chi connectivity index (χ0) is 16.5. The average molecular weight is 313 g/mol. The van der Waals surface area contributed by atoms with Crippen molar-refractivity contribution in [1.82, 2.24) is 9.55 Å². The van der Waals surface area contributed by atoms with Crippen LogP contribution in [0.4, 0.5) is 4.39 Å². The van der Waals surface area contributed by atoms with Gasteiger partial charge in [0.15, 0.2) is 12.4 Å². The lowest BCUT2D eigenvalue weighted by Gasteiger charge is -2.29. The SMILES string of the molecule is C=C(N=[N+]=[N-])[C@]1(CO)O[C@@H](n2ccc(=O)[nH]c2=O)[C@H](F)[C@@H]1O. The standard InChI is InChI=1S/C11H12FN5O5/c1-5(15-16-13)11(4-18)8(20)7(12)9(22-11)17-3-2-6(19)14-10(17)21/h2-3,7-9,18,20H,1,4H2,(H,14,19,21)/t7-,8+,9-,11+/m1/s1. The number of aliphatic hydroxyl groups excluding tert-OH is 2. The number of ether oxygens (including phenoxy) is 1. The van der Waals surface area contributed by atoms with Crippen LogP contribution in [-0.4, -0.2) is 44.2 Å². The van der Waals surface area contributed by atoms with E-state index in [0.717, 1.165) is 12.3 Å². The van der Waals surface area contributed by atoms with Crippen LogP contribution in [0, 0.1) is 0 Å². The van der Waals surface area contributed by atoms with Crippen LogP contribution in [0.15, 0.2) is 39.2 Å². The molecule has 118 valence electrons. The van der Waals surface area contributed by atoms with Crippen molar-refractivity contribution in [3.05, 3.63) is 55.8 Å². The summed E-state index contributed by atoms with van der Waals surface area (Å²) < 4.78 is 20.3. The van der Waals surface area contributed by atoms with E-state index in [1.165, 1.54) is 0 Å². The molecule has 4 atom stereocenters. The highest BCUT2D eigenvalue weighted by atomic mass is 19.1. The van der Waals surface area contributed by atoms with Crippen molar-refractivity contribution in [2.75, 3.05) is 6.61 Å². The van der Waals surface area contributed by atoms with Gasteiger partial charge in [-0.15, -0.1) is 0 Å². The number of alkyl halides is 1. The first-order valence-corrected chi connectivity index (χ1v) is 6.04. The molecule has 1 fully saturated rings. The second kappa shape index (κ2) is 5.73. The number of nitrogens with one attached hydrogen (secondary N) is 1. The van der Waals surface area contributed by atoms with Crippen molar-refractivity contribution in [3.8, 4) is 0 Å². The van der Waals surface area contributed by atoms with Crippen LogP contribution in [-0.2, 0) is 4.74 Å². The molecule has 10 nitrogen and oxygen atoms in total. The Morgan fingerprint density at radius 1 is 1.68 bits per heavy atom.